The molecule has 1 fully saturated rings. The monoisotopic (exact) mass is 593 g/mol. The van der Waals surface area contributed by atoms with Crippen LogP contribution in [0.3, 0.4) is 0 Å². The second-order valence-corrected chi connectivity index (χ2v) is 11.4. The van der Waals surface area contributed by atoms with E-state index < -0.39 is 23.5 Å². The predicted molar refractivity (Wildman–Crippen MR) is 154 cm³/mol. The summed E-state index contributed by atoms with van der Waals surface area (Å²) in [6.07, 6.45) is 1.90. The highest BCUT2D eigenvalue weighted by molar-refractivity contribution is 8.00. The Morgan fingerprint density at radius 1 is 0.976 bits per heavy atom. The number of ketones is 1. The Hall–Kier alpha value is -4.09. The third-order valence-corrected chi connectivity index (χ3v) is 8.53. The lowest BCUT2D eigenvalue weighted by molar-refractivity contribution is -0.132. The number of Topliss-reactive ketones (excluding diaryl/α,β-unsaturated/α-hetero) is 1. The predicted octanol–water partition coefficient (Wildman–Crippen LogP) is 6.91. The molecule has 7 nitrogen and oxygen atoms in total. The van der Waals surface area contributed by atoms with Gasteiger partial charge in [0.15, 0.2) is 4.34 Å². The van der Waals surface area contributed by atoms with Gasteiger partial charge in [-0.1, -0.05) is 60.7 Å². The molecule has 1 saturated heterocycles. The summed E-state index contributed by atoms with van der Waals surface area (Å²) in [5.74, 6) is -1.85. The van der Waals surface area contributed by atoms with Gasteiger partial charge in [-0.05, 0) is 66.1 Å². The van der Waals surface area contributed by atoms with Gasteiger partial charge in [-0.15, -0.1) is 10.2 Å². The maximum absolute atomic E-state index is 13.8. The minimum absolute atomic E-state index is 0.142. The largest absolute Gasteiger partial charge is 0.507 e. The zero-order chi connectivity index (χ0) is 28.9. The van der Waals surface area contributed by atoms with E-state index in [2.05, 4.69) is 17.1 Å². The summed E-state index contributed by atoms with van der Waals surface area (Å²) in [6.45, 7) is 2.62. The van der Waals surface area contributed by atoms with E-state index >= 15 is 0 Å². The van der Waals surface area contributed by atoms with Crippen LogP contribution in [0, 0.1) is 11.6 Å². The van der Waals surface area contributed by atoms with E-state index in [1.54, 1.807) is 36.4 Å². The molecule has 0 spiro atoms. The summed E-state index contributed by atoms with van der Waals surface area (Å²) in [5.41, 5.74) is 1.48. The van der Waals surface area contributed by atoms with Crippen LogP contribution < -0.4 is 9.64 Å². The lowest BCUT2D eigenvalue weighted by atomic mass is 9.95. The molecular weight excluding hydrogens is 568 g/mol. The first kappa shape index (κ1) is 28.4. The summed E-state index contributed by atoms with van der Waals surface area (Å²) >= 11 is 2.45. The van der Waals surface area contributed by atoms with Gasteiger partial charge in [0.05, 0.1) is 18.2 Å². The standard InChI is InChI=1S/C30H25F2N3O4S2/c1-2-3-16-39-23-14-8-20(9-15-23)26(36)24-25(19-6-12-22(32)13-7-19)35(28(38)27(24)37)29-33-34-30(41-29)40-17-18-4-10-21(31)11-5-18/h4-15,25,36H,2-3,16-17H2,1H3/t25-/m0/s1. The number of hydrogen-bond donors (Lipinski definition) is 1. The Morgan fingerprint density at radius 2 is 1.63 bits per heavy atom. The van der Waals surface area contributed by atoms with Crippen molar-refractivity contribution in [1.82, 2.24) is 10.2 Å². The first-order valence-corrected chi connectivity index (χ1v) is 14.7. The lowest BCUT2D eigenvalue weighted by Crippen LogP contribution is -2.29. The van der Waals surface area contributed by atoms with Gasteiger partial charge in [0, 0.05) is 11.3 Å². The van der Waals surface area contributed by atoms with Gasteiger partial charge in [-0.2, -0.15) is 0 Å². The Bertz CT molecular complexity index is 1570. The third kappa shape index (κ3) is 6.31. The van der Waals surface area contributed by atoms with Crippen molar-refractivity contribution in [3.63, 3.8) is 0 Å². The normalized spacial score (nSPS) is 16.4. The summed E-state index contributed by atoms with van der Waals surface area (Å²) in [7, 11) is 0. The number of carbonyl (C=O) groups is 2. The number of aliphatic hydroxyl groups excluding tert-OH is 1. The summed E-state index contributed by atoms with van der Waals surface area (Å²) in [4.78, 5) is 27.9. The van der Waals surface area contributed by atoms with Crippen LogP contribution in [0.5, 0.6) is 5.75 Å². The molecule has 1 N–H and O–H groups in total. The summed E-state index contributed by atoms with van der Waals surface area (Å²) in [5, 5.41) is 19.8. The first-order chi connectivity index (χ1) is 19.9. The first-order valence-electron chi connectivity index (χ1n) is 12.9. The van der Waals surface area contributed by atoms with Crippen LogP contribution in [0.15, 0.2) is 82.7 Å². The van der Waals surface area contributed by atoms with Gasteiger partial charge >= 0.3 is 5.91 Å². The van der Waals surface area contributed by atoms with Crippen molar-refractivity contribution < 1.29 is 28.2 Å². The van der Waals surface area contributed by atoms with E-state index in [-0.39, 0.29) is 22.3 Å². The molecule has 4 aromatic rings. The van der Waals surface area contributed by atoms with E-state index in [0.717, 1.165) is 29.7 Å². The quantitative estimate of drug-likeness (QED) is 0.0533. The molecule has 1 atom stereocenters. The SMILES string of the molecule is CCCCOc1ccc(C(O)=C2C(=O)C(=O)N(c3nnc(SCc4ccc(F)cc4)s3)[C@H]2c2ccc(F)cc2)cc1. The zero-order valence-corrected chi connectivity index (χ0v) is 23.6. The Kier molecular flexibility index (Phi) is 8.75. The Morgan fingerprint density at radius 3 is 2.29 bits per heavy atom. The highest BCUT2D eigenvalue weighted by atomic mass is 32.2. The fraction of sp³-hybridized carbons (Fsp3) is 0.200. The molecule has 1 amide bonds. The van der Waals surface area contributed by atoms with Crippen molar-refractivity contribution in [2.24, 2.45) is 0 Å². The van der Waals surface area contributed by atoms with Crippen LogP contribution in [-0.4, -0.2) is 33.6 Å². The highest BCUT2D eigenvalue weighted by Gasteiger charge is 2.48. The van der Waals surface area contributed by atoms with Crippen LogP contribution in [-0.2, 0) is 15.3 Å². The van der Waals surface area contributed by atoms with Gasteiger partial charge < -0.3 is 9.84 Å². The molecule has 0 bridgehead atoms. The second kappa shape index (κ2) is 12.6. The average Bonchev–Trinajstić information content (AvgIpc) is 3.55. The van der Waals surface area contributed by atoms with Gasteiger partial charge in [0.2, 0.25) is 5.13 Å². The van der Waals surface area contributed by atoms with Gasteiger partial charge in [0.1, 0.15) is 23.1 Å². The highest BCUT2D eigenvalue weighted by Crippen LogP contribution is 2.44. The molecule has 0 radical (unpaired) electrons. The van der Waals surface area contributed by atoms with Gasteiger partial charge in [-0.3, -0.25) is 14.5 Å². The number of amides is 1. The van der Waals surface area contributed by atoms with Gasteiger partial charge in [0.25, 0.3) is 5.78 Å². The molecule has 1 aliphatic heterocycles. The minimum atomic E-state index is -1.06. The van der Waals surface area contributed by atoms with Crippen LogP contribution >= 0.6 is 23.1 Å². The Balaban J connectivity index is 1.47. The number of nitrogens with zero attached hydrogens (tertiary/aromatic N) is 3. The molecule has 210 valence electrons. The minimum Gasteiger partial charge on any atom is -0.507 e. The maximum atomic E-state index is 13.8. The van der Waals surface area contributed by atoms with Crippen LogP contribution in [0.25, 0.3) is 5.76 Å². The van der Waals surface area contributed by atoms with Crippen molar-refractivity contribution in [2.45, 2.75) is 35.9 Å². The van der Waals surface area contributed by atoms with E-state index in [1.807, 2.05) is 0 Å². The number of benzene rings is 3. The number of aromatic nitrogens is 2. The molecule has 1 aliphatic rings. The van der Waals surface area contributed by atoms with Crippen LogP contribution in [0.2, 0.25) is 0 Å². The van der Waals surface area contributed by atoms with Crippen molar-refractivity contribution in [3.8, 4) is 5.75 Å². The molecule has 0 aliphatic carbocycles. The fourth-order valence-electron chi connectivity index (χ4n) is 4.27. The molecule has 41 heavy (non-hydrogen) atoms. The number of carbonyl (C=O) groups excluding carboxylic acids is 2. The second-order valence-electron chi connectivity index (χ2n) is 9.21. The number of ether oxygens (including phenoxy) is 1. The maximum Gasteiger partial charge on any atom is 0.301 e. The third-order valence-electron chi connectivity index (χ3n) is 6.40. The number of hydrogen-bond acceptors (Lipinski definition) is 8. The number of rotatable bonds is 10. The summed E-state index contributed by atoms with van der Waals surface area (Å²) < 4.78 is 33.2. The van der Waals surface area contributed by atoms with Gasteiger partial charge in [-0.25, -0.2) is 8.78 Å². The summed E-state index contributed by atoms with van der Waals surface area (Å²) in [6, 6.07) is 17.0. The Labute approximate surface area is 243 Å². The average molecular weight is 594 g/mol. The topological polar surface area (TPSA) is 92.6 Å². The van der Waals surface area contributed by atoms with Crippen molar-refractivity contribution in [1.29, 1.82) is 0 Å². The van der Waals surface area contributed by atoms with Crippen LogP contribution in [0.1, 0.15) is 42.5 Å². The number of aliphatic hydroxyl groups is 1. The van der Waals surface area contributed by atoms with Crippen molar-refractivity contribution in [2.75, 3.05) is 11.5 Å². The number of thioether (sulfide) groups is 1. The van der Waals surface area contributed by atoms with E-state index in [1.165, 1.54) is 53.1 Å². The van der Waals surface area contributed by atoms with E-state index in [4.69, 9.17) is 4.74 Å². The number of anilines is 1. The molecule has 3 aromatic carbocycles. The molecule has 5 rings (SSSR count). The van der Waals surface area contributed by atoms with E-state index in [9.17, 15) is 23.5 Å². The molecule has 11 heteroatoms. The molecule has 0 saturated carbocycles. The number of unbranched alkanes of at least 4 members (excludes halogenated alkanes) is 1. The van der Waals surface area contributed by atoms with Crippen LogP contribution in [0.4, 0.5) is 13.9 Å². The molecule has 2 heterocycles. The smallest absolute Gasteiger partial charge is 0.301 e. The van der Waals surface area contributed by atoms with E-state index in [0.29, 0.717) is 33.6 Å². The molecule has 0 unspecified atom stereocenters. The zero-order valence-electron chi connectivity index (χ0n) is 21.9. The molecular formula is C30H25F2N3O4S2. The number of halogens is 2. The molecule has 1 aromatic heterocycles. The fourth-order valence-corrected chi connectivity index (χ4v) is 6.10. The lowest BCUT2D eigenvalue weighted by Gasteiger charge is -2.22. The van der Waals surface area contributed by atoms with Crippen molar-refractivity contribution in [3.05, 3.63) is 107 Å². The van der Waals surface area contributed by atoms with Crippen molar-refractivity contribution >= 4 is 45.7 Å².